The second-order valence-corrected chi connectivity index (χ2v) is 4.00. The van der Waals surface area contributed by atoms with E-state index in [2.05, 4.69) is 5.32 Å². The number of carboxylic acids is 1. The van der Waals surface area contributed by atoms with Crippen molar-refractivity contribution in [3.05, 3.63) is 35.9 Å². The summed E-state index contributed by atoms with van der Waals surface area (Å²) in [5.74, 6) is -1.79. The maximum Gasteiger partial charge on any atom is 0.300 e. The second-order valence-electron chi connectivity index (χ2n) is 4.00. The number of hydrogen-bond donors (Lipinski definition) is 4. The van der Waals surface area contributed by atoms with Crippen molar-refractivity contribution in [1.82, 2.24) is 5.32 Å². The van der Waals surface area contributed by atoms with Crippen LogP contribution in [0.25, 0.3) is 0 Å². The molecule has 0 aromatic heterocycles. The Morgan fingerprint density at radius 2 is 1.75 bits per heavy atom. The molecule has 0 aliphatic rings. The summed E-state index contributed by atoms with van der Waals surface area (Å²) in [6.45, 7) is 0.904. The molecule has 0 aliphatic carbocycles. The van der Waals surface area contributed by atoms with Gasteiger partial charge in [-0.05, 0) is 12.0 Å². The Morgan fingerprint density at radius 1 is 1.25 bits per heavy atom. The average molecular weight is 281 g/mol. The van der Waals surface area contributed by atoms with Crippen LogP contribution in [0, 0.1) is 0 Å². The lowest BCUT2D eigenvalue weighted by atomic mass is 10.1. The lowest BCUT2D eigenvalue weighted by Gasteiger charge is -2.11. The third-order valence-corrected chi connectivity index (χ3v) is 2.07. The molecule has 7 heteroatoms. The molecule has 0 aliphatic heterocycles. The first-order valence-electron chi connectivity index (χ1n) is 5.88. The predicted molar refractivity (Wildman–Crippen MR) is 73.6 cm³/mol. The van der Waals surface area contributed by atoms with Crippen molar-refractivity contribution >= 4 is 17.8 Å². The molecule has 0 radical (unpaired) electrons. The predicted octanol–water partition coefficient (Wildman–Crippen LogP) is -0.751. The summed E-state index contributed by atoms with van der Waals surface area (Å²) in [6.07, 6.45) is 0.436. The van der Waals surface area contributed by atoms with Gasteiger partial charge in [0.15, 0.2) is 0 Å². The molecule has 6 N–H and O–H groups in total. The lowest BCUT2D eigenvalue weighted by molar-refractivity contribution is -0.134. The zero-order valence-corrected chi connectivity index (χ0v) is 11.2. The Hall–Kier alpha value is -2.41. The number of carboxylic acid groups (broad SMARTS) is 1. The summed E-state index contributed by atoms with van der Waals surface area (Å²) >= 11 is 0. The van der Waals surface area contributed by atoms with Crippen LogP contribution in [0.5, 0.6) is 0 Å². The molecule has 20 heavy (non-hydrogen) atoms. The molecule has 0 saturated heterocycles. The third kappa shape index (κ3) is 9.60. The van der Waals surface area contributed by atoms with E-state index in [1.807, 2.05) is 30.3 Å². The van der Waals surface area contributed by atoms with Gasteiger partial charge in [0.25, 0.3) is 5.97 Å². The van der Waals surface area contributed by atoms with Gasteiger partial charge < -0.3 is 21.9 Å². The Kier molecular flexibility index (Phi) is 8.36. The van der Waals surface area contributed by atoms with Crippen LogP contribution in [0.15, 0.2) is 30.3 Å². The average Bonchev–Trinajstić information content (AvgIpc) is 2.36. The van der Waals surface area contributed by atoms with Gasteiger partial charge in [0.2, 0.25) is 11.8 Å². The number of carbonyl (C=O) groups excluding carboxylic acids is 2. The number of carbonyl (C=O) groups is 3. The summed E-state index contributed by atoms with van der Waals surface area (Å²) in [7, 11) is 0. The zero-order valence-electron chi connectivity index (χ0n) is 11.2. The van der Waals surface area contributed by atoms with E-state index < -0.39 is 17.9 Å². The molecule has 0 fully saturated rings. The molecule has 0 spiro atoms. The number of amides is 2. The van der Waals surface area contributed by atoms with Crippen LogP contribution < -0.4 is 16.8 Å². The van der Waals surface area contributed by atoms with E-state index in [1.165, 1.54) is 0 Å². The number of primary amides is 1. The molecule has 7 nitrogen and oxygen atoms in total. The molecule has 110 valence electrons. The molecule has 0 saturated carbocycles. The highest BCUT2D eigenvalue weighted by Crippen LogP contribution is 2.01. The van der Waals surface area contributed by atoms with E-state index >= 15 is 0 Å². The van der Waals surface area contributed by atoms with E-state index in [9.17, 15) is 9.59 Å². The zero-order chi connectivity index (χ0) is 15.5. The largest absolute Gasteiger partial charge is 0.481 e. The maximum atomic E-state index is 11.4. The Morgan fingerprint density at radius 3 is 2.20 bits per heavy atom. The Bertz CT molecular complexity index is 444. The van der Waals surface area contributed by atoms with Crippen molar-refractivity contribution in [1.29, 1.82) is 0 Å². The van der Waals surface area contributed by atoms with Crippen molar-refractivity contribution in [3.63, 3.8) is 0 Å². The number of nitrogens with one attached hydrogen (secondary N) is 1. The fourth-order valence-electron chi connectivity index (χ4n) is 1.27. The van der Waals surface area contributed by atoms with Crippen LogP contribution in [0.4, 0.5) is 0 Å². The van der Waals surface area contributed by atoms with E-state index in [4.69, 9.17) is 21.4 Å². The van der Waals surface area contributed by atoms with Gasteiger partial charge in [-0.2, -0.15) is 0 Å². The summed E-state index contributed by atoms with van der Waals surface area (Å²) in [4.78, 5) is 30.9. The third-order valence-electron chi connectivity index (χ3n) is 2.07. The van der Waals surface area contributed by atoms with Crippen molar-refractivity contribution in [2.75, 3.05) is 6.54 Å². The first-order chi connectivity index (χ1) is 9.32. The molecule has 2 amide bonds. The van der Waals surface area contributed by atoms with E-state index in [1.54, 1.807) is 0 Å². The Balaban J connectivity index is 0.000000796. The topological polar surface area (TPSA) is 136 Å². The summed E-state index contributed by atoms with van der Waals surface area (Å²) in [5, 5.41) is 9.78. The summed E-state index contributed by atoms with van der Waals surface area (Å²) in [5.41, 5.74) is 11.5. The standard InChI is InChI=1S/C11H15N3O2.C2H4O2/c12-9(11(16)14-7-10(13)15)6-8-4-2-1-3-5-8;1-2(3)4/h1-5,9H,6-7,12H2,(H2,13,15)(H,14,16);1H3,(H,3,4). The van der Waals surface area contributed by atoms with Crippen molar-refractivity contribution in [2.24, 2.45) is 11.5 Å². The number of rotatable bonds is 5. The molecule has 0 heterocycles. The van der Waals surface area contributed by atoms with Crippen LogP contribution in [0.1, 0.15) is 12.5 Å². The van der Waals surface area contributed by atoms with Crippen LogP contribution in [0.2, 0.25) is 0 Å². The lowest BCUT2D eigenvalue weighted by Crippen LogP contribution is -2.44. The summed E-state index contributed by atoms with van der Waals surface area (Å²) in [6, 6.07) is 8.76. The highest BCUT2D eigenvalue weighted by Gasteiger charge is 2.13. The van der Waals surface area contributed by atoms with Gasteiger partial charge in [-0.3, -0.25) is 14.4 Å². The first kappa shape index (κ1) is 17.6. The summed E-state index contributed by atoms with van der Waals surface area (Å²) < 4.78 is 0. The van der Waals surface area contributed by atoms with Gasteiger partial charge in [-0.1, -0.05) is 30.3 Å². The minimum Gasteiger partial charge on any atom is -0.481 e. The fourth-order valence-corrected chi connectivity index (χ4v) is 1.27. The van der Waals surface area contributed by atoms with E-state index in [0.29, 0.717) is 6.42 Å². The minimum atomic E-state index is -0.833. The molecule has 1 aromatic carbocycles. The maximum absolute atomic E-state index is 11.4. The van der Waals surface area contributed by atoms with Crippen LogP contribution in [-0.4, -0.2) is 35.5 Å². The van der Waals surface area contributed by atoms with E-state index in [-0.39, 0.29) is 12.5 Å². The molecule has 1 rings (SSSR count). The highest BCUT2D eigenvalue weighted by atomic mass is 16.4. The van der Waals surface area contributed by atoms with Crippen molar-refractivity contribution in [3.8, 4) is 0 Å². The number of nitrogens with two attached hydrogens (primary N) is 2. The Labute approximate surface area is 117 Å². The quantitative estimate of drug-likeness (QED) is 0.563. The second kappa shape index (κ2) is 9.51. The van der Waals surface area contributed by atoms with Crippen molar-refractivity contribution < 1.29 is 19.5 Å². The smallest absolute Gasteiger partial charge is 0.300 e. The van der Waals surface area contributed by atoms with Gasteiger partial charge >= 0.3 is 0 Å². The number of aliphatic carboxylic acids is 1. The molecule has 1 unspecified atom stereocenters. The molecule has 1 atom stereocenters. The molecule has 1 aromatic rings. The minimum absolute atomic E-state index is 0.179. The van der Waals surface area contributed by atoms with Gasteiger partial charge in [0.1, 0.15) is 0 Å². The monoisotopic (exact) mass is 281 g/mol. The van der Waals surface area contributed by atoms with Gasteiger partial charge in [0, 0.05) is 6.92 Å². The molecular weight excluding hydrogens is 262 g/mol. The van der Waals surface area contributed by atoms with Crippen molar-refractivity contribution in [2.45, 2.75) is 19.4 Å². The SMILES string of the molecule is CC(=O)O.NC(=O)CNC(=O)C(N)Cc1ccccc1. The highest BCUT2D eigenvalue weighted by molar-refractivity contribution is 5.86. The number of hydrogen-bond acceptors (Lipinski definition) is 4. The van der Waals surface area contributed by atoms with Gasteiger partial charge in [0.05, 0.1) is 12.6 Å². The van der Waals surface area contributed by atoms with Gasteiger partial charge in [-0.25, -0.2) is 0 Å². The van der Waals surface area contributed by atoms with Crippen LogP contribution in [-0.2, 0) is 20.8 Å². The molecule has 0 bridgehead atoms. The van der Waals surface area contributed by atoms with Crippen LogP contribution in [0.3, 0.4) is 0 Å². The fraction of sp³-hybridized carbons (Fsp3) is 0.308. The first-order valence-corrected chi connectivity index (χ1v) is 5.88. The number of benzene rings is 1. The normalized spacial score (nSPS) is 10.7. The molecular formula is C13H19N3O4. The van der Waals surface area contributed by atoms with Gasteiger partial charge in [-0.15, -0.1) is 0 Å². The van der Waals surface area contributed by atoms with E-state index in [0.717, 1.165) is 12.5 Å². The van der Waals surface area contributed by atoms with Crippen LogP contribution >= 0.6 is 0 Å².